The highest BCUT2D eigenvalue weighted by molar-refractivity contribution is 5.79. The average Bonchev–Trinajstić information content (AvgIpc) is 3.39. The van der Waals surface area contributed by atoms with E-state index in [9.17, 15) is 14.3 Å². The number of aliphatic hydroxyl groups is 1. The van der Waals surface area contributed by atoms with E-state index in [1.165, 1.54) is 57.8 Å². The summed E-state index contributed by atoms with van der Waals surface area (Å²) in [6, 6.07) is 2.14. The first kappa shape index (κ1) is 32.1. The molecule has 246 valence electrons. The first-order valence-corrected chi connectivity index (χ1v) is 17.1. The minimum absolute atomic E-state index is 0.0311. The molecule has 3 aliphatic heterocycles. The van der Waals surface area contributed by atoms with E-state index in [1.54, 1.807) is 6.07 Å². The van der Waals surface area contributed by atoms with Crippen LogP contribution < -0.4 is 26.0 Å². The van der Waals surface area contributed by atoms with Crippen molar-refractivity contribution in [2.24, 2.45) is 17.8 Å². The summed E-state index contributed by atoms with van der Waals surface area (Å²) in [7, 11) is 0. The molecule has 5 N–H and O–H groups in total. The molecular formula is C33H51F2N5O4. The normalized spacial score (nSPS) is 29.4. The van der Waals surface area contributed by atoms with Gasteiger partial charge in [0, 0.05) is 56.8 Å². The van der Waals surface area contributed by atoms with E-state index in [0.717, 1.165) is 18.5 Å². The fourth-order valence-corrected chi connectivity index (χ4v) is 7.84. The quantitative estimate of drug-likeness (QED) is 0.241. The third-order valence-corrected chi connectivity index (χ3v) is 10.6. The van der Waals surface area contributed by atoms with Crippen molar-refractivity contribution in [1.29, 1.82) is 0 Å². The topological polar surface area (TPSA) is 107 Å². The molecule has 9 nitrogen and oxygen atoms in total. The molecule has 5 atom stereocenters. The minimum atomic E-state index is -0.986. The van der Waals surface area contributed by atoms with Crippen molar-refractivity contribution in [3.63, 3.8) is 0 Å². The zero-order chi connectivity index (χ0) is 30.5. The van der Waals surface area contributed by atoms with E-state index in [0.29, 0.717) is 49.7 Å². The Labute approximate surface area is 260 Å². The number of nitrogens with zero attached hydrogens (tertiary/aromatic N) is 1. The van der Waals surface area contributed by atoms with Gasteiger partial charge in [-0.15, -0.1) is 0 Å². The van der Waals surface area contributed by atoms with E-state index in [4.69, 9.17) is 9.47 Å². The molecule has 4 unspecified atom stereocenters. The fourth-order valence-electron chi connectivity index (χ4n) is 7.84. The smallest absolute Gasteiger partial charge is 0.223 e. The maximum Gasteiger partial charge on any atom is 0.223 e. The van der Waals surface area contributed by atoms with Crippen molar-refractivity contribution in [2.75, 3.05) is 46.1 Å². The SMILES string of the molecule is O=C(NC[C@H](O)CN1CCc2cc(OCC3CNCO3)c(F)c(F)c2C1)C1CC(NC2CCC2)NCC1C1CCCCCC1. The average molecular weight is 620 g/mol. The van der Waals surface area contributed by atoms with Gasteiger partial charge in [-0.3, -0.25) is 20.3 Å². The second kappa shape index (κ2) is 15.1. The predicted molar refractivity (Wildman–Crippen MR) is 163 cm³/mol. The van der Waals surface area contributed by atoms with Crippen molar-refractivity contribution >= 4 is 5.91 Å². The number of hydrogen-bond donors (Lipinski definition) is 5. The van der Waals surface area contributed by atoms with Gasteiger partial charge in [0.1, 0.15) is 12.7 Å². The Morgan fingerprint density at radius 3 is 2.66 bits per heavy atom. The molecule has 1 aromatic rings. The molecule has 5 aliphatic rings. The monoisotopic (exact) mass is 619 g/mol. The summed E-state index contributed by atoms with van der Waals surface area (Å²) in [6.07, 6.45) is 11.5. The first-order chi connectivity index (χ1) is 21.4. The number of ether oxygens (including phenoxy) is 2. The largest absolute Gasteiger partial charge is 0.488 e. The molecule has 2 saturated carbocycles. The molecule has 6 rings (SSSR count). The van der Waals surface area contributed by atoms with Gasteiger partial charge in [0.25, 0.3) is 0 Å². The lowest BCUT2D eigenvalue weighted by Crippen LogP contribution is -2.59. The van der Waals surface area contributed by atoms with E-state index in [2.05, 4.69) is 21.3 Å². The summed E-state index contributed by atoms with van der Waals surface area (Å²) >= 11 is 0. The van der Waals surface area contributed by atoms with Crippen LogP contribution in [0.3, 0.4) is 0 Å². The molecule has 0 spiro atoms. The number of β-amino-alcohol motifs (C(OH)–C–C–N with tert-alkyl or cyclic N) is 1. The summed E-state index contributed by atoms with van der Waals surface area (Å²) in [5.74, 6) is -1.16. The van der Waals surface area contributed by atoms with Crippen LogP contribution in [0.5, 0.6) is 5.75 Å². The third-order valence-electron chi connectivity index (χ3n) is 10.6. The van der Waals surface area contributed by atoms with Gasteiger partial charge in [-0.25, -0.2) is 4.39 Å². The van der Waals surface area contributed by atoms with Gasteiger partial charge in [-0.05, 0) is 49.1 Å². The van der Waals surface area contributed by atoms with Crippen molar-refractivity contribution < 1.29 is 28.2 Å². The number of piperidine rings is 1. The molecule has 0 radical (unpaired) electrons. The number of aliphatic hydroxyl groups excluding tert-OH is 1. The molecule has 0 aromatic heterocycles. The van der Waals surface area contributed by atoms with Crippen LogP contribution in [0.25, 0.3) is 0 Å². The van der Waals surface area contributed by atoms with Crippen LogP contribution in [0, 0.1) is 29.4 Å². The Hall–Kier alpha value is -1.89. The van der Waals surface area contributed by atoms with Gasteiger partial charge in [0.05, 0.1) is 19.0 Å². The molecule has 44 heavy (non-hydrogen) atoms. The predicted octanol–water partition coefficient (Wildman–Crippen LogP) is 2.79. The molecular weight excluding hydrogens is 568 g/mol. The fraction of sp³-hybridized carbons (Fsp3) is 0.788. The minimum Gasteiger partial charge on any atom is -0.488 e. The third kappa shape index (κ3) is 7.90. The van der Waals surface area contributed by atoms with Gasteiger partial charge < -0.3 is 25.2 Å². The van der Waals surface area contributed by atoms with Crippen LogP contribution in [-0.4, -0.2) is 86.4 Å². The number of hydrogen-bond acceptors (Lipinski definition) is 8. The molecule has 11 heteroatoms. The molecule has 1 amide bonds. The van der Waals surface area contributed by atoms with E-state index in [-0.39, 0.29) is 56.1 Å². The summed E-state index contributed by atoms with van der Waals surface area (Å²) in [6.45, 7) is 3.27. The lowest BCUT2D eigenvalue weighted by Gasteiger charge is -2.42. The van der Waals surface area contributed by atoms with E-state index in [1.807, 2.05) is 4.90 Å². The molecule has 2 aliphatic carbocycles. The van der Waals surface area contributed by atoms with Gasteiger partial charge in [0.2, 0.25) is 11.7 Å². The number of carbonyl (C=O) groups excluding carboxylic acids is 1. The highest BCUT2D eigenvalue weighted by atomic mass is 19.2. The highest BCUT2D eigenvalue weighted by Crippen LogP contribution is 2.37. The van der Waals surface area contributed by atoms with Crippen molar-refractivity contribution in [2.45, 2.75) is 102 Å². The van der Waals surface area contributed by atoms with Crippen molar-refractivity contribution in [1.82, 2.24) is 26.2 Å². The van der Waals surface area contributed by atoms with Crippen LogP contribution in [0.4, 0.5) is 8.78 Å². The van der Waals surface area contributed by atoms with Gasteiger partial charge >= 0.3 is 0 Å². The van der Waals surface area contributed by atoms with Gasteiger partial charge in [-0.1, -0.05) is 44.9 Å². The van der Waals surface area contributed by atoms with Gasteiger partial charge in [-0.2, -0.15) is 4.39 Å². The molecule has 2 saturated heterocycles. The summed E-state index contributed by atoms with van der Waals surface area (Å²) < 4.78 is 41.0. The maximum atomic E-state index is 15.1. The number of halogens is 2. The Balaban J connectivity index is 1.02. The Bertz CT molecular complexity index is 1110. The lowest BCUT2D eigenvalue weighted by molar-refractivity contribution is -0.129. The Morgan fingerprint density at radius 1 is 1.11 bits per heavy atom. The standard InChI is InChI=1S/C33H51F2N5O4/c34-31-28-18-40(11-10-22(28)12-29(32(31)35)43-19-25-15-36-20-44-25)17-24(41)14-38-33(42)26-13-30(39-23-8-5-9-23)37-16-27(26)21-6-3-1-2-4-7-21/h12,21,23-27,30,36-37,39,41H,1-11,13-20H2,(H,38,42)/t24-,25?,26?,27?,30?/m0/s1. The van der Waals surface area contributed by atoms with Crippen LogP contribution in [-0.2, 0) is 22.5 Å². The lowest BCUT2D eigenvalue weighted by atomic mass is 9.73. The summed E-state index contributed by atoms with van der Waals surface area (Å²) in [5.41, 5.74) is 1.03. The highest BCUT2D eigenvalue weighted by Gasteiger charge is 2.40. The zero-order valence-electron chi connectivity index (χ0n) is 25.9. The molecule has 0 bridgehead atoms. The molecule has 1 aromatic carbocycles. The number of carbonyl (C=O) groups is 1. The van der Waals surface area contributed by atoms with Crippen molar-refractivity contribution in [3.05, 3.63) is 28.8 Å². The number of amides is 1. The number of benzene rings is 1. The Morgan fingerprint density at radius 2 is 1.93 bits per heavy atom. The second-order valence-corrected chi connectivity index (χ2v) is 13.7. The Kier molecular flexibility index (Phi) is 11.0. The van der Waals surface area contributed by atoms with Crippen LogP contribution in [0.15, 0.2) is 6.07 Å². The van der Waals surface area contributed by atoms with E-state index < -0.39 is 17.7 Å². The van der Waals surface area contributed by atoms with Crippen LogP contribution in [0.1, 0.15) is 75.3 Å². The zero-order valence-corrected chi connectivity index (χ0v) is 25.9. The molecule has 4 fully saturated rings. The number of nitrogens with one attached hydrogen (secondary N) is 4. The van der Waals surface area contributed by atoms with Crippen LogP contribution >= 0.6 is 0 Å². The molecule has 3 heterocycles. The van der Waals surface area contributed by atoms with Crippen LogP contribution in [0.2, 0.25) is 0 Å². The summed E-state index contributed by atoms with van der Waals surface area (Å²) in [5, 5.41) is 24.5. The second-order valence-electron chi connectivity index (χ2n) is 13.7. The summed E-state index contributed by atoms with van der Waals surface area (Å²) in [4.78, 5) is 15.6. The van der Waals surface area contributed by atoms with Gasteiger partial charge in [0.15, 0.2) is 11.6 Å². The number of fused-ring (bicyclic) bond motifs is 1. The van der Waals surface area contributed by atoms with E-state index >= 15 is 4.39 Å². The maximum absolute atomic E-state index is 15.1. The van der Waals surface area contributed by atoms with Crippen molar-refractivity contribution in [3.8, 4) is 5.75 Å². The number of rotatable bonds is 11. The first-order valence-electron chi connectivity index (χ1n) is 17.1.